The molecule has 0 aliphatic carbocycles. The quantitative estimate of drug-likeness (QED) is 0.281. The van der Waals surface area contributed by atoms with Crippen molar-refractivity contribution in [2.24, 2.45) is 0 Å². The monoisotopic (exact) mass is 517 g/mol. The average Bonchev–Trinajstić information content (AvgIpc) is 2.80. The number of ether oxygens (including phenoxy) is 1. The molecule has 36 heavy (non-hydrogen) atoms. The Hall–Kier alpha value is -2.83. The molecule has 0 saturated heterocycles. The van der Waals surface area contributed by atoms with Crippen molar-refractivity contribution < 1.29 is 22.7 Å². The Labute approximate surface area is 215 Å². The summed E-state index contributed by atoms with van der Waals surface area (Å²) < 4.78 is 46.9. The number of rotatable bonds is 8. The molecule has 3 aromatic carbocycles. The van der Waals surface area contributed by atoms with Gasteiger partial charge >= 0.3 is 12.1 Å². The van der Waals surface area contributed by atoms with E-state index in [4.69, 9.17) is 16.3 Å². The van der Waals surface area contributed by atoms with Crippen LogP contribution in [0.4, 0.5) is 13.2 Å². The summed E-state index contributed by atoms with van der Waals surface area (Å²) in [4.78, 5) is 15.0. The lowest BCUT2D eigenvalue weighted by molar-refractivity contribution is -0.156. The first-order valence-corrected chi connectivity index (χ1v) is 12.2. The molecule has 0 radical (unpaired) electrons. The number of esters is 1. The number of alkyl halides is 3. The topological polar surface area (TPSA) is 29.5 Å². The number of carbonyl (C=O) groups is 1. The third-order valence-corrected chi connectivity index (χ3v) is 6.18. The molecule has 2 atom stereocenters. The molecule has 0 fully saturated rings. The third-order valence-electron chi connectivity index (χ3n) is 5.85. The van der Waals surface area contributed by atoms with E-state index < -0.39 is 29.4 Å². The van der Waals surface area contributed by atoms with Crippen LogP contribution in [-0.4, -0.2) is 16.5 Å². The molecule has 0 aliphatic rings. The third kappa shape index (κ3) is 7.58. The fourth-order valence-electron chi connectivity index (χ4n) is 4.17. The number of halogens is 4. The molecule has 0 N–H and O–H groups in total. The van der Waals surface area contributed by atoms with E-state index in [1.54, 1.807) is 26.8 Å². The Morgan fingerprint density at radius 3 is 2.06 bits per heavy atom. The van der Waals surface area contributed by atoms with Crippen LogP contribution in [0, 0.1) is 0 Å². The summed E-state index contributed by atoms with van der Waals surface area (Å²) in [7, 11) is 0. The first-order chi connectivity index (χ1) is 16.8. The van der Waals surface area contributed by atoms with Gasteiger partial charge < -0.3 is 4.74 Å². The number of hydrogen-bond acceptors (Lipinski definition) is 3. The van der Waals surface area contributed by atoms with Crippen LogP contribution in [-0.2, 0) is 22.3 Å². The highest BCUT2D eigenvalue weighted by Crippen LogP contribution is 2.40. The van der Waals surface area contributed by atoms with E-state index in [1.165, 1.54) is 6.07 Å². The summed E-state index contributed by atoms with van der Waals surface area (Å²) in [5, 5.41) is -0.381. The molecule has 3 aromatic rings. The van der Waals surface area contributed by atoms with Gasteiger partial charge in [0.05, 0.1) is 17.0 Å². The highest BCUT2D eigenvalue weighted by molar-refractivity contribution is 6.31. The largest absolute Gasteiger partial charge is 0.460 e. The van der Waals surface area contributed by atoms with Gasteiger partial charge in [-0.25, -0.2) is 0 Å². The number of nitrogens with zero attached hydrogens (tertiary/aromatic N) is 1. The van der Waals surface area contributed by atoms with Gasteiger partial charge in [-0.2, -0.15) is 13.2 Å². The van der Waals surface area contributed by atoms with Crippen LogP contribution in [0.3, 0.4) is 0 Å². The summed E-state index contributed by atoms with van der Waals surface area (Å²) in [6, 6.07) is 22.2. The second-order valence-corrected chi connectivity index (χ2v) is 10.2. The first-order valence-electron chi connectivity index (χ1n) is 11.8. The maximum Gasteiger partial charge on any atom is 0.417 e. The molecule has 0 bridgehead atoms. The van der Waals surface area contributed by atoms with Gasteiger partial charge in [-0.15, -0.1) is 0 Å². The fourth-order valence-corrected chi connectivity index (χ4v) is 4.39. The summed E-state index contributed by atoms with van der Waals surface area (Å²) in [5.74, 6) is -0.491. The van der Waals surface area contributed by atoms with Gasteiger partial charge in [0.2, 0.25) is 0 Å². The molecule has 0 heterocycles. The number of carbonyl (C=O) groups excluding carboxylic acids is 1. The van der Waals surface area contributed by atoms with Crippen LogP contribution in [0.25, 0.3) is 0 Å². The Bertz CT molecular complexity index is 1140. The summed E-state index contributed by atoms with van der Waals surface area (Å²) in [6.45, 7) is 7.68. The van der Waals surface area contributed by atoms with Gasteiger partial charge in [-0.3, -0.25) is 9.69 Å². The average molecular weight is 518 g/mol. The van der Waals surface area contributed by atoms with Crippen LogP contribution in [0.1, 0.15) is 68.5 Å². The van der Waals surface area contributed by atoms with Crippen molar-refractivity contribution in [1.29, 1.82) is 0 Å². The molecule has 1 unspecified atom stereocenters. The maximum atomic E-state index is 13.8. The fraction of sp³-hybridized carbons (Fsp3) is 0.345. The van der Waals surface area contributed by atoms with Crippen molar-refractivity contribution in [3.63, 3.8) is 0 Å². The van der Waals surface area contributed by atoms with E-state index in [0.717, 1.165) is 17.2 Å². The summed E-state index contributed by atoms with van der Waals surface area (Å²) in [6.07, 6.45) is -4.75. The first kappa shape index (κ1) is 27.8. The van der Waals surface area contributed by atoms with Gasteiger partial charge in [0.15, 0.2) is 0 Å². The summed E-state index contributed by atoms with van der Waals surface area (Å²) in [5.41, 5.74) is 0.639. The SMILES string of the molecule is C[C@H](c1ccccc1)N(Cc1ccccc1)C(CC(=O)OC(C)(C)C)c1ccc(Cl)c(C(F)(F)F)c1. The van der Waals surface area contributed by atoms with E-state index in [2.05, 4.69) is 0 Å². The van der Waals surface area contributed by atoms with Crippen molar-refractivity contribution in [2.75, 3.05) is 0 Å². The number of benzene rings is 3. The smallest absolute Gasteiger partial charge is 0.417 e. The van der Waals surface area contributed by atoms with E-state index in [9.17, 15) is 18.0 Å². The minimum atomic E-state index is -4.63. The van der Waals surface area contributed by atoms with Crippen LogP contribution in [0.5, 0.6) is 0 Å². The van der Waals surface area contributed by atoms with Crippen molar-refractivity contribution in [3.8, 4) is 0 Å². The molecule has 7 heteroatoms. The Balaban J connectivity index is 2.13. The van der Waals surface area contributed by atoms with Crippen molar-refractivity contribution in [1.82, 2.24) is 4.90 Å². The molecule has 0 aliphatic heterocycles. The summed E-state index contributed by atoms with van der Waals surface area (Å²) >= 11 is 5.92. The van der Waals surface area contributed by atoms with Gasteiger partial charge in [0, 0.05) is 18.6 Å². The lowest BCUT2D eigenvalue weighted by Gasteiger charge is -2.37. The van der Waals surface area contributed by atoms with Crippen LogP contribution >= 0.6 is 11.6 Å². The van der Waals surface area contributed by atoms with Gasteiger partial charge in [0.1, 0.15) is 5.60 Å². The molecule has 0 saturated carbocycles. The predicted molar refractivity (Wildman–Crippen MR) is 136 cm³/mol. The molecule has 3 nitrogen and oxygen atoms in total. The van der Waals surface area contributed by atoms with Crippen molar-refractivity contribution in [2.45, 2.75) is 64.5 Å². The van der Waals surface area contributed by atoms with Crippen LogP contribution in [0.15, 0.2) is 78.9 Å². The lowest BCUT2D eigenvalue weighted by atomic mass is 9.95. The number of hydrogen-bond donors (Lipinski definition) is 0. The van der Waals surface area contributed by atoms with Crippen LogP contribution < -0.4 is 0 Å². The molecular weight excluding hydrogens is 487 g/mol. The highest BCUT2D eigenvalue weighted by Gasteiger charge is 2.36. The van der Waals surface area contributed by atoms with Crippen molar-refractivity contribution in [3.05, 3.63) is 106 Å². The highest BCUT2D eigenvalue weighted by atomic mass is 35.5. The predicted octanol–water partition coefficient (Wildman–Crippen LogP) is 8.40. The van der Waals surface area contributed by atoms with E-state index in [-0.39, 0.29) is 17.5 Å². The van der Waals surface area contributed by atoms with Gasteiger partial charge in [-0.05, 0) is 56.5 Å². The maximum absolute atomic E-state index is 13.8. The minimum Gasteiger partial charge on any atom is -0.460 e. The molecule has 3 rings (SSSR count). The van der Waals surface area contributed by atoms with E-state index in [0.29, 0.717) is 12.1 Å². The molecule has 0 aromatic heterocycles. The van der Waals surface area contributed by atoms with Crippen LogP contribution in [0.2, 0.25) is 5.02 Å². The van der Waals surface area contributed by atoms with E-state index >= 15 is 0 Å². The second-order valence-electron chi connectivity index (χ2n) is 9.79. The zero-order chi connectivity index (χ0) is 26.5. The lowest BCUT2D eigenvalue weighted by Crippen LogP contribution is -2.34. The van der Waals surface area contributed by atoms with Crippen molar-refractivity contribution >= 4 is 17.6 Å². The Morgan fingerprint density at radius 1 is 0.917 bits per heavy atom. The normalized spacial score (nSPS) is 13.9. The van der Waals surface area contributed by atoms with Gasteiger partial charge in [-0.1, -0.05) is 78.3 Å². The Kier molecular flexibility index (Phi) is 8.85. The Morgan fingerprint density at radius 2 is 1.50 bits per heavy atom. The molecule has 0 amide bonds. The minimum absolute atomic E-state index is 0.125. The standard InChI is InChI=1S/C29H31ClF3NO2/c1-20(22-13-9-6-10-14-22)34(19-21-11-7-5-8-12-21)26(18-27(35)36-28(2,3)4)23-15-16-25(30)24(17-23)29(31,32)33/h5-17,20,26H,18-19H2,1-4H3/t20-,26?/m1/s1. The van der Waals surface area contributed by atoms with E-state index in [1.807, 2.05) is 72.5 Å². The second kappa shape index (κ2) is 11.5. The van der Waals surface area contributed by atoms with Gasteiger partial charge in [0.25, 0.3) is 0 Å². The zero-order valence-electron chi connectivity index (χ0n) is 20.9. The molecule has 0 spiro atoms. The molecule has 192 valence electrons. The zero-order valence-corrected chi connectivity index (χ0v) is 21.6. The molecular formula is C29H31ClF3NO2.